The Balaban J connectivity index is 2.17. The van der Waals surface area contributed by atoms with Gasteiger partial charge in [-0.2, -0.15) is 0 Å². The Morgan fingerprint density at radius 3 is 2.42 bits per heavy atom. The number of halogens is 1. The first kappa shape index (κ1) is 18.1. The lowest BCUT2D eigenvalue weighted by Gasteiger charge is -2.21. The number of ether oxygens (including phenoxy) is 1. The van der Waals surface area contributed by atoms with Gasteiger partial charge in [-0.1, -0.05) is 35.9 Å². The van der Waals surface area contributed by atoms with E-state index in [0.717, 1.165) is 11.1 Å². The van der Waals surface area contributed by atoms with E-state index in [-0.39, 0.29) is 18.7 Å². The molecular formula is C19H22FNO3. The third-order valence-electron chi connectivity index (χ3n) is 3.77. The van der Waals surface area contributed by atoms with E-state index < -0.39 is 17.8 Å². The van der Waals surface area contributed by atoms with E-state index in [0.29, 0.717) is 5.56 Å². The Kier molecular flexibility index (Phi) is 6.06. The molecule has 4 nitrogen and oxygen atoms in total. The number of carbonyl (C=O) groups is 1. The lowest BCUT2D eigenvalue weighted by atomic mass is 10.0. The quantitative estimate of drug-likeness (QED) is 0.885. The molecule has 1 amide bonds. The SMILES string of the molecule is COCC(O)CN(C)C(=O)c1ccc(-c2ccc(C)cc2)cc1F. The molecule has 0 saturated carbocycles. The molecule has 0 saturated heterocycles. The van der Waals surface area contributed by atoms with Gasteiger partial charge in [0.1, 0.15) is 5.82 Å². The summed E-state index contributed by atoms with van der Waals surface area (Å²) in [6, 6.07) is 12.3. The summed E-state index contributed by atoms with van der Waals surface area (Å²) in [5.41, 5.74) is 2.72. The van der Waals surface area contributed by atoms with Crippen molar-refractivity contribution in [2.75, 3.05) is 27.3 Å². The highest BCUT2D eigenvalue weighted by Crippen LogP contribution is 2.23. The van der Waals surface area contributed by atoms with Crippen LogP contribution in [-0.4, -0.2) is 49.3 Å². The third kappa shape index (κ3) is 4.40. The summed E-state index contributed by atoms with van der Waals surface area (Å²) in [6.07, 6.45) is -0.807. The normalized spacial score (nSPS) is 12.0. The van der Waals surface area contributed by atoms with Crippen molar-refractivity contribution in [2.24, 2.45) is 0 Å². The first-order valence-electron chi connectivity index (χ1n) is 7.71. The molecular weight excluding hydrogens is 309 g/mol. The number of likely N-dealkylation sites (N-methyl/N-ethyl adjacent to an activating group) is 1. The minimum Gasteiger partial charge on any atom is -0.389 e. The molecule has 1 atom stereocenters. The predicted octanol–water partition coefficient (Wildman–Crippen LogP) is 2.88. The van der Waals surface area contributed by atoms with Crippen LogP contribution in [0, 0.1) is 12.7 Å². The highest BCUT2D eigenvalue weighted by Gasteiger charge is 2.19. The van der Waals surface area contributed by atoms with Gasteiger partial charge in [0.25, 0.3) is 5.91 Å². The van der Waals surface area contributed by atoms with Crippen molar-refractivity contribution < 1.29 is 19.0 Å². The van der Waals surface area contributed by atoms with E-state index in [1.54, 1.807) is 6.07 Å². The van der Waals surface area contributed by atoms with E-state index in [9.17, 15) is 14.3 Å². The van der Waals surface area contributed by atoms with Crippen LogP contribution in [0.3, 0.4) is 0 Å². The zero-order chi connectivity index (χ0) is 17.7. The molecule has 1 unspecified atom stereocenters. The summed E-state index contributed by atoms with van der Waals surface area (Å²) < 4.78 is 19.2. The number of aliphatic hydroxyl groups excluding tert-OH is 1. The van der Waals surface area contributed by atoms with E-state index in [4.69, 9.17) is 4.74 Å². The number of methoxy groups -OCH3 is 1. The predicted molar refractivity (Wildman–Crippen MR) is 91.4 cm³/mol. The third-order valence-corrected chi connectivity index (χ3v) is 3.77. The van der Waals surface area contributed by atoms with Crippen molar-refractivity contribution in [2.45, 2.75) is 13.0 Å². The zero-order valence-corrected chi connectivity index (χ0v) is 14.1. The van der Waals surface area contributed by atoms with Gasteiger partial charge in [0.2, 0.25) is 0 Å². The second-order valence-electron chi connectivity index (χ2n) is 5.86. The van der Waals surface area contributed by atoms with Crippen LogP contribution in [0.5, 0.6) is 0 Å². The molecule has 0 heterocycles. The van der Waals surface area contributed by atoms with E-state index >= 15 is 0 Å². The maximum atomic E-state index is 14.4. The molecule has 1 N–H and O–H groups in total. The average Bonchev–Trinajstić information content (AvgIpc) is 2.55. The molecule has 0 aliphatic heterocycles. The van der Waals surface area contributed by atoms with Crippen molar-refractivity contribution in [3.8, 4) is 11.1 Å². The minimum absolute atomic E-state index is 0.0158. The van der Waals surface area contributed by atoms with E-state index in [1.807, 2.05) is 31.2 Å². The number of aryl methyl sites for hydroxylation is 1. The Hall–Kier alpha value is -2.24. The largest absolute Gasteiger partial charge is 0.389 e. The van der Waals surface area contributed by atoms with Crippen LogP contribution in [-0.2, 0) is 4.74 Å². The number of carbonyl (C=O) groups excluding carboxylic acids is 1. The fourth-order valence-corrected chi connectivity index (χ4v) is 2.46. The summed E-state index contributed by atoms with van der Waals surface area (Å²) >= 11 is 0. The molecule has 0 spiro atoms. The Bertz CT molecular complexity index is 700. The number of aliphatic hydroxyl groups is 1. The van der Waals surface area contributed by atoms with Crippen molar-refractivity contribution in [3.63, 3.8) is 0 Å². The van der Waals surface area contributed by atoms with Gasteiger partial charge >= 0.3 is 0 Å². The van der Waals surface area contributed by atoms with Crippen molar-refractivity contribution in [1.29, 1.82) is 0 Å². The first-order chi connectivity index (χ1) is 11.4. The van der Waals surface area contributed by atoms with Crippen LogP contribution in [0.4, 0.5) is 4.39 Å². The number of rotatable bonds is 6. The van der Waals surface area contributed by atoms with Gasteiger partial charge in [0.15, 0.2) is 0 Å². The summed E-state index contributed by atoms with van der Waals surface area (Å²) in [6.45, 7) is 2.18. The van der Waals surface area contributed by atoms with Crippen molar-refractivity contribution >= 4 is 5.91 Å². The van der Waals surface area contributed by atoms with Crippen molar-refractivity contribution in [3.05, 3.63) is 59.4 Å². The second-order valence-corrected chi connectivity index (χ2v) is 5.86. The molecule has 2 aromatic carbocycles. The minimum atomic E-state index is -0.807. The topological polar surface area (TPSA) is 49.8 Å². The fraction of sp³-hybridized carbons (Fsp3) is 0.316. The van der Waals surface area contributed by atoms with Gasteiger partial charge in [0, 0.05) is 20.7 Å². The Morgan fingerprint density at radius 1 is 1.21 bits per heavy atom. The molecule has 0 radical (unpaired) electrons. The summed E-state index contributed by atoms with van der Waals surface area (Å²) in [4.78, 5) is 13.6. The highest BCUT2D eigenvalue weighted by molar-refractivity contribution is 5.94. The molecule has 24 heavy (non-hydrogen) atoms. The van der Waals surface area contributed by atoms with Gasteiger partial charge in [-0.3, -0.25) is 4.79 Å². The van der Waals surface area contributed by atoms with Gasteiger partial charge < -0.3 is 14.7 Å². The number of hydrogen-bond donors (Lipinski definition) is 1. The maximum Gasteiger partial charge on any atom is 0.256 e. The van der Waals surface area contributed by atoms with Crippen LogP contribution < -0.4 is 0 Å². The molecule has 0 aliphatic rings. The first-order valence-corrected chi connectivity index (χ1v) is 7.71. The van der Waals surface area contributed by atoms with E-state index in [1.165, 1.54) is 31.2 Å². The number of nitrogens with zero attached hydrogens (tertiary/aromatic N) is 1. The maximum absolute atomic E-state index is 14.4. The molecule has 2 rings (SSSR count). The summed E-state index contributed by atoms with van der Waals surface area (Å²) in [5.74, 6) is -1.05. The van der Waals surface area contributed by atoms with Gasteiger partial charge in [-0.05, 0) is 30.2 Å². The van der Waals surface area contributed by atoms with Crippen LogP contribution >= 0.6 is 0 Å². The fourth-order valence-electron chi connectivity index (χ4n) is 2.46. The lowest BCUT2D eigenvalue weighted by Crippen LogP contribution is -2.36. The smallest absolute Gasteiger partial charge is 0.256 e. The molecule has 0 aliphatic carbocycles. The van der Waals surface area contributed by atoms with Crippen LogP contribution in [0.25, 0.3) is 11.1 Å². The van der Waals surface area contributed by atoms with Gasteiger partial charge in [-0.15, -0.1) is 0 Å². The van der Waals surface area contributed by atoms with Gasteiger partial charge in [-0.25, -0.2) is 4.39 Å². The molecule has 0 aromatic heterocycles. The van der Waals surface area contributed by atoms with Crippen LogP contribution in [0.1, 0.15) is 15.9 Å². The molecule has 5 heteroatoms. The van der Waals surface area contributed by atoms with E-state index in [2.05, 4.69) is 0 Å². The second kappa shape index (κ2) is 8.04. The number of amides is 1. The molecule has 0 fully saturated rings. The highest BCUT2D eigenvalue weighted by atomic mass is 19.1. The molecule has 2 aromatic rings. The molecule has 128 valence electrons. The van der Waals surface area contributed by atoms with Gasteiger partial charge in [0.05, 0.1) is 18.3 Å². The summed E-state index contributed by atoms with van der Waals surface area (Å²) in [5, 5.41) is 9.69. The summed E-state index contributed by atoms with van der Waals surface area (Å²) in [7, 11) is 2.99. The zero-order valence-electron chi connectivity index (χ0n) is 14.1. The Labute approximate surface area is 141 Å². The standard InChI is InChI=1S/C19H22FNO3/c1-13-4-6-14(7-5-13)15-8-9-17(18(20)10-15)19(23)21(2)11-16(22)12-24-3/h4-10,16,22H,11-12H2,1-3H3. The lowest BCUT2D eigenvalue weighted by molar-refractivity contribution is 0.0378. The van der Waals surface area contributed by atoms with Crippen LogP contribution in [0.15, 0.2) is 42.5 Å². The van der Waals surface area contributed by atoms with Crippen molar-refractivity contribution in [1.82, 2.24) is 4.90 Å². The average molecular weight is 331 g/mol. The Morgan fingerprint density at radius 2 is 1.83 bits per heavy atom. The monoisotopic (exact) mass is 331 g/mol. The molecule has 0 bridgehead atoms. The number of benzene rings is 2. The number of hydrogen-bond acceptors (Lipinski definition) is 3. The van der Waals surface area contributed by atoms with Crippen LogP contribution in [0.2, 0.25) is 0 Å².